The third-order valence-corrected chi connectivity index (χ3v) is 6.79. The Labute approximate surface area is 175 Å². The van der Waals surface area contributed by atoms with Crippen molar-refractivity contribution in [1.82, 2.24) is 9.99 Å². The molecule has 5 rings (SSSR count). The molecule has 1 aromatic carbocycles. The van der Waals surface area contributed by atoms with Crippen LogP contribution < -0.4 is 0 Å². The summed E-state index contributed by atoms with van der Waals surface area (Å²) in [5.41, 5.74) is 2.51. The number of amides is 1. The Balaban J connectivity index is 1.42. The monoisotopic (exact) mass is 423 g/mol. The lowest BCUT2D eigenvalue weighted by atomic mass is 10.1. The van der Waals surface area contributed by atoms with E-state index in [1.165, 1.54) is 16.8 Å². The third kappa shape index (κ3) is 3.61. The smallest absolute Gasteiger partial charge is 0.253 e. The molecule has 1 aliphatic rings. The van der Waals surface area contributed by atoms with E-state index in [9.17, 15) is 4.79 Å². The highest BCUT2D eigenvalue weighted by molar-refractivity contribution is 8.01. The molecule has 8 heteroatoms. The molecule has 3 aromatic heterocycles. The Morgan fingerprint density at radius 2 is 2.21 bits per heavy atom. The zero-order valence-corrected chi connectivity index (χ0v) is 17.2. The number of rotatable bonds is 5. The largest absolute Gasteiger partial charge is 0.467 e. The van der Waals surface area contributed by atoms with Crippen molar-refractivity contribution in [3.63, 3.8) is 0 Å². The number of carbonyl (C=O) groups excluding carboxylic acids is 1. The predicted octanol–water partition coefficient (Wildman–Crippen LogP) is 5.26. The Hall–Kier alpha value is -2.84. The minimum atomic E-state index is -0.278. The fraction of sp³-hybridized carbons (Fsp3) is 0.190. The maximum atomic E-state index is 13.0. The number of benzene rings is 1. The molecule has 0 saturated carbocycles. The summed E-state index contributed by atoms with van der Waals surface area (Å²) >= 11 is 2.97. The number of thioether (sulfide) groups is 1. The first kappa shape index (κ1) is 18.2. The third-order valence-electron chi connectivity index (χ3n) is 4.66. The molecule has 0 bridgehead atoms. The van der Waals surface area contributed by atoms with E-state index < -0.39 is 0 Å². The van der Waals surface area contributed by atoms with Crippen molar-refractivity contribution in [2.24, 2.45) is 5.10 Å². The lowest BCUT2D eigenvalue weighted by molar-refractivity contribution is -0.130. The Bertz CT molecular complexity index is 1160. The van der Waals surface area contributed by atoms with Crippen LogP contribution in [0.5, 0.6) is 0 Å². The maximum Gasteiger partial charge on any atom is 0.253 e. The van der Waals surface area contributed by atoms with Gasteiger partial charge in [0.2, 0.25) is 0 Å². The van der Waals surface area contributed by atoms with Crippen LogP contribution in [0.15, 0.2) is 72.4 Å². The average Bonchev–Trinajstić information content (AvgIpc) is 3.51. The van der Waals surface area contributed by atoms with Gasteiger partial charge in [0, 0.05) is 22.9 Å². The number of aryl methyl sites for hydroxylation is 1. The first-order valence-electron chi connectivity index (χ1n) is 9.14. The molecule has 1 aliphatic heterocycles. The van der Waals surface area contributed by atoms with E-state index in [0.717, 1.165) is 26.7 Å². The number of nitrogens with zero attached hydrogens (tertiary/aromatic N) is 3. The zero-order valence-electron chi connectivity index (χ0n) is 15.6. The number of thiazole rings is 1. The van der Waals surface area contributed by atoms with Crippen LogP contribution in [0.2, 0.25) is 0 Å². The van der Waals surface area contributed by atoms with Crippen molar-refractivity contribution in [1.29, 1.82) is 0 Å². The minimum Gasteiger partial charge on any atom is -0.467 e. The summed E-state index contributed by atoms with van der Waals surface area (Å²) < 4.78 is 12.4. The van der Waals surface area contributed by atoms with E-state index in [2.05, 4.69) is 10.1 Å². The predicted molar refractivity (Wildman–Crippen MR) is 113 cm³/mol. The van der Waals surface area contributed by atoms with E-state index in [0.29, 0.717) is 17.9 Å². The van der Waals surface area contributed by atoms with Crippen molar-refractivity contribution >= 4 is 45.7 Å². The average molecular weight is 424 g/mol. The van der Waals surface area contributed by atoms with Gasteiger partial charge in [-0.1, -0.05) is 30.0 Å². The molecule has 0 spiro atoms. The fourth-order valence-electron chi connectivity index (χ4n) is 3.30. The normalized spacial score (nSPS) is 16.5. The van der Waals surface area contributed by atoms with Gasteiger partial charge in [0.15, 0.2) is 10.1 Å². The molecule has 1 atom stereocenters. The SMILES string of the molecule is Cc1csc(SCC(=O)N2N=C(c3cc4ccccc4o3)CC2c2ccco2)n1. The van der Waals surface area contributed by atoms with Crippen LogP contribution in [0, 0.1) is 6.92 Å². The fourth-order valence-corrected chi connectivity index (χ4v) is 5.01. The van der Waals surface area contributed by atoms with E-state index in [1.807, 2.05) is 54.8 Å². The molecule has 1 unspecified atom stereocenters. The van der Waals surface area contributed by atoms with Crippen molar-refractivity contribution < 1.29 is 13.6 Å². The highest BCUT2D eigenvalue weighted by Crippen LogP contribution is 2.35. The van der Waals surface area contributed by atoms with Crippen LogP contribution in [-0.2, 0) is 4.79 Å². The Morgan fingerprint density at radius 1 is 1.31 bits per heavy atom. The molecule has 1 amide bonds. The van der Waals surface area contributed by atoms with Crippen LogP contribution in [0.1, 0.15) is 29.7 Å². The molecule has 0 saturated heterocycles. The van der Waals surface area contributed by atoms with Crippen molar-refractivity contribution in [3.05, 3.63) is 71.3 Å². The van der Waals surface area contributed by atoms with Gasteiger partial charge in [0.25, 0.3) is 5.91 Å². The maximum absolute atomic E-state index is 13.0. The number of hydrazone groups is 1. The number of aromatic nitrogens is 1. The quantitative estimate of drug-likeness (QED) is 0.409. The van der Waals surface area contributed by atoms with Gasteiger partial charge in [-0.05, 0) is 31.2 Å². The second-order valence-corrected chi connectivity index (χ2v) is 8.79. The first-order chi connectivity index (χ1) is 14.2. The molecule has 0 radical (unpaired) electrons. The summed E-state index contributed by atoms with van der Waals surface area (Å²) in [6.45, 7) is 1.94. The van der Waals surface area contributed by atoms with Crippen molar-refractivity contribution in [2.45, 2.75) is 23.7 Å². The Kier molecular flexibility index (Phi) is 4.73. The van der Waals surface area contributed by atoms with E-state index in [4.69, 9.17) is 8.83 Å². The van der Waals surface area contributed by atoms with Gasteiger partial charge in [-0.15, -0.1) is 11.3 Å². The number of fused-ring (bicyclic) bond motifs is 1. The summed E-state index contributed by atoms with van der Waals surface area (Å²) in [4.78, 5) is 17.4. The van der Waals surface area contributed by atoms with Crippen molar-refractivity contribution in [2.75, 3.05) is 5.75 Å². The van der Waals surface area contributed by atoms with Crippen molar-refractivity contribution in [3.8, 4) is 0 Å². The molecule has 6 nitrogen and oxygen atoms in total. The summed E-state index contributed by atoms with van der Waals surface area (Å²) in [5, 5.41) is 9.14. The molecule has 29 heavy (non-hydrogen) atoms. The molecule has 146 valence electrons. The number of carbonyl (C=O) groups is 1. The summed E-state index contributed by atoms with van der Waals surface area (Å²) in [5.74, 6) is 1.57. The van der Waals surface area contributed by atoms with Crippen LogP contribution in [-0.4, -0.2) is 27.4 Å². The van der Waals surface area contributed by atoms with E-state index in [1.54, 1.807) is 17.6 Å². The second-order valence-electron chi connectivity index (χ2n) is 6.71. The number of furan rings is 2. The molecule has 4 aromatic rings. The summed E-state index contributed by atoms with van der Waals surface area (Å²) in [7, 11) is 0. The van der Waals surface area contributed by atoms with Gasteiger partial charge >= 0.3 is 0 Å². The standard InChI is InChI=1S/C21H17N3O3S2/c1-13-11-28-21(22-13)29-12-20(25)24-16(18-7-4-8-26-18)10-15(23-24)19-9-14-5-2-3-6-17(14)27-19/h2-9,11,16H,10,12H2,1H3. The molecule has 0 fully saturated rings. The first-order valence-corrected chi connectivity index (χ1v) is 11.0. The van der Waals surface area contributed by atoms with Crippen LogP contribution in [0.4, 0.5) is 0 Å². The van der Waals surface area contributed by atoms with Crippen LogP contribution in [0.25, 0.3) is 11.0 Å². The van der Waals surface area contributed by atoms with Gasteiger partial charge < -0.3 is 8.83 Å². The minimum absolute atomic E-state index is 0.0876. The highest BCUT2D eigenvalue weighted by Gasteiger charge is 2.36. The summed E-state index contributed by atoms with van der Waals surface area (Å²) in [6, 6.07) is 13.2. The molecular formula is C21H17N3O3S2. The molecule has 4 heterocycles. The topological polar surface area (TPSA) is 71.8 Å². The molecule has 0 N–H and O–H groups in total. The van der Waals surface area contributed by atoms with Gasteiger partial charge in [0.1, 0.15) is 23.1 Å². The zero-order chi connectivity index (χ0) is 19.8. The van der Waals surface area contributed by atoms with Gasteiger partial charge in [-0.3, -0.25) is 4.79 Å². The van der Waals surface area contributed by atoms with Gasteiger partial charge in [0.05, 0.1) is 12.0 Å². The number of hydrogen-bond donors (Lipinski definition) is 0. The number of para-hydroxylation sites is 1. The van der Waals surface area contributed by atoms with Gasteiger partial charge in [-0.25, -0.2) is 9.99 Å². The number of hydrogen-bond acceptors (Lipinski definition) is 7. The van der Waals surface area contributed by atoms with Crippen LogP contribution in [0.3, 0.4) is 0 Å². The van der Waals surface area contributed by atoms with E-state index >= 15 is 0 Å². The highest BCUT2D eigenvalue weighted by atomic mass is 32.2. The summed E-state index contributed by atoms with van der Waals surface area (Å²) in [6.07, 6.45) is 2.16. The van der Waals surface area contributed by atoms with E-state index in [-0.39, 0.29) is 17.7 Å². The Morgan fingerprint density at radius 3 is 2.97 bits per heavy atom. The molecule has 0 aliphatic carbocycles. The van der Waals surface area contributed by atoms with Crippen LogP contribution >= 0.6 is 23.1 Å². The second kappa shape index (κ2) is 7.53. The lowest BCUT2D eigenvalue weighted by Crippen LogP contribution is -2.28. The van der Waals surface area contributed by atoms with Gasteiger partial charge in [-0.2, -0.15) is 5.10 Å². The lowest BCUT2D eigenvalue weighted by Gasteiger charge is -2.19. The molecular weight excluding hydrogens is 406 g/mol.